The van der Waals surface area contributed by atoms with Crippen LogP contribution in [-0.2, 0) is 14.3 Å². The molecule has 0 rings (SSSR count). The summed E-state index contributed by atoms with van der Waals surface area (Å²) in [5.74, 6) is -1.32. The minimum Gasteiger partial charge on any atom is -0.480 e. The fourth-order valence-corrected chi connectivity index (χ4v) is 0.693. The van der Waals surface area contributed by atoms with E-state index in [1.54, 1.807) is 13.8 Å². The Kier molecular flexibility index (Phi) is 21.8. The van der Waals surface area contributed by atoms with Gasteiger partial charge in [0.25, 0.3) is 0 Å². The van der Waals surface area contributed by atoms with Gasteiger partial charge in [-0.25, -0.2) is 0 Å². The van der Waals surface area contributed by atoms with Crippen LogP contribution in [0.2, 0.25) is 0 Å². The molecule has 0 amide bonds. The third-order valence-electron chi connectivity index (χ3n) is 2.28. The molecular weight excluding hydrogens is 336 g/mol. The number of esters is 1. The molecule has 0 aromatic heterocycles. The number of aliphatic hydroxyl groups excluding tert-OH is 1. The van der Waals surface area contributed by atoms with Crippen molar-refractivity contribution in [2.45, 2.75) is 77.6 Å². The smallest absolute Gasteiger partial charge is 0.326 e. The Bertz CT molecular complexity index is 311. The molecule has 7 nitrogen and oxygen atoms in total. The van der Waals surface area contributed by atoms with E-state index in [1.165, 1.54) is 13.8 Å². The lowest BCUT2D eigenvalue weighted by Crippen LogP contribution is -2.41. The number of carbonyl (C=O) groups excluding carboxylic acids is 1. The minimum absolute atomic E-state index is 0. The average molecular weight is 373 g/mol. The van der Waals surface area contributed by atoms with Gasteiger partial charge in [-0.1, -0.05) is 26.7 Å². The predicted molar refractivity (Wildman–Crippen MR) is 98.7 cm³/mol. The number of ether oxygens (including phenoxy) is 1. The Balaban J connectivity index is -0.000000133. The molecule has 0 aliphatic carbocycles. The summed E-state index contributed by atoms with van der Waals surface area (Å²) >= 11 is 5.69. The summed E-state index contributed by atoms with van der Waals surface area (Å²) in [5.41, 5.74) is 4.00. The van der Waals surface area contributed by atoms with Crippen molar-refractivity contribution in [2.24, 2.45) is 5.73 Å². The van der Waals surface area contributed by atoms with Crippen LogP contribution in [0.1, 0.15) is 67.2 Å². The van der Waals surface area contributed by atoms with Gasteiger partial charge in [0.2, 0.25) is 0 Å². The van der Waals surface area contributed by atoms with Crippen LogP contribution in [0.4, 0.5) is 0 Å². The molecule has 0 fully saturated rings. The second kappa shape index (κ2) is 17.0. The zero-order valence-electron chi connectivity index (χ0n) is 16.0. The number of carboxylic acids is 1. The maximum absolute atomic E-state index is 11.0. The Labute approximate surface area is 151 Å². The van der Waals surface area contributed by atoms with E-state index in [-0.39, 0.29) is 12.1 Å². The van der Waals surface area contributed by atoms with Gasteiger partial charge in [0.15, 0.2) is 0 Å². The molecule has 0 aromatic carbocycles. The lowest BCUT2D eigenvalue weighted by Gasteiger charge is -2.13. The molecule has 0 radical (unpaired) electrons. The number of hydrogen-bond donors (Lipinski definition) is 4. The van der Waals surface area contributed by atoms with Gasteiger partial charge < -0.3 is 26.8 Å². The lowest BCUT2D eigenvalue weighted by molar-refractivity contribution is -0.146. The highest BCUT2D eigenvalue weighted by Crippen LogP contribution is 2.14. The second-order valence-corrected chi connectivity index (χ2v) is 7.01. The summed E-state index contributed by atoms with van der Waals surface area (Å²) in [6, 6.07) is 0. The van der Waals surface area contributed by atoms with E-state index in [4.69, 9.17) is 32.3 Å². The van der Waals surface area contributed by atoms with Crippen LogP contribution in [0, 0.1) is 0 Å². The number of aliphatic hydroxyl groups is 1. The molecular formula is C16H37ClN2O5. The van der Waals surface area contributed by atoms with Gasteiger partial charge in [-0.15, -0.1) is 11.6 Å². The number of aliphatic carboxylic acids is 1. The third-order valence-corrected chi connectivity index (χ3v) is 2.43. The van der Waals surface area contributed by atoms with Crippen molar-refractivity contribution in [3.63, 3.8) is 0 Å². The van der Waals surface area contributed by atoms with Crippen LogP contribution < -0.4 is 11.9 Å². The van der Waals surface area contributed by atoms with Crippen molar-refractivity contribution in [1.82, 2.24) is 6.15 Å². The van der Waals surface area contributed by atoms with Crippen molar-refractivity contribution in [1.29, 1.82) is 0 Å². The normalized spacial score (nSPS) is 10.2. The zero-order valence-corrected chi connectivity index (χ0v) is 16.8. The van der Waals surface area contributed by atoms with Gasteiger partial charge in [-0.2, -0.15) is 0 Å². The van der Waals surface area contributed by atoms with Gasteiger partial charge in [-0.3, -0.25) is 9.59 Å². The van der Waals surface area contributed by atoms with Crippen molar-refractivity contribution in [3.05, 3.63) is 0 Å². The Morgan fingerprint density at radius 3 is 1.62 bits per heavy atom. The Morgan fingerprint density at radius 2 is 1.46 bits per heavy atom. The summed E-state index contributed by atoms with van der Waals surface area (Å²) in [4.78, 5) is 20.0. The van der Waals surface area contributed by atoms with E-state index in [0.717, 1.165) is 25.7 Å². The molecule has 0 bridgehead atoms. The van der Waals surface area contributed by atoms with E-state index in [2.05, 4.69) is 6.92 Å². The summed E-state index contributed by atoms with van der Waals surface area (Å²) in [6.45, 7) is 11.0. The molecule has 8 heteroatoms. The van der Waals surface area contributed by atoms with Crippen LogP contribution in [-0.4, -0.2) is 45.8 Å². The number of halogens is 1. The third kappa shape index (κ3) is 26.0. The molecule has 0 spiro atoms. The van der Waals surface area contributed by atoms with E-state index in [1.807, 2.05) is 6.92 Å². The highest BCUT2D eigenvalue weighted by molar-refractivity contribution is 6.33. The number of nitrogens with two attached hydrogens (primary N) is 1. The first-order chi connectivity index (χ1) is 10.3. The lowest BCUT2D eigenvalue weighted by atomic mass is 10.1. The van der Waals surface area contributed by atoms with E-state index in [9.17, 15) is 9.59 Å². The standard InChI is InChI=1S/C8H15ClO2.C4H9NO2.C4H10O.H3N/c1-4-5-6-11-7(10)8(2,3)9;1-4(2,5)3(6)7;1-2-3-4-5;/h4-6H2,1-3H3;5H2,1-2H3,(H,6,7);5H,2-4H2,1H3;1H3. The van der Waals surface area contributed by atoms with E-state index < -0.39 is 16.4 Å². The van der Waals surface area contributed by atoms with E-state index >= 15 is 0 Å². The number of rotatable bonds is 7. The Hall–Kier alpha value is -0.890. The maximum atomic E-state index is 11.0. The van der Waals surface area contributed by atoms with Gasteiger partial charge in [0, 0.05) is 6.61 Å². The molecule has 0 saturated heterocycles. The van der Waals surface area contributed by atoms with Gasteiger partial charge in [0.1, 0.15) is 10.4 Å². The molecule has 0 unspecified atom stereocenters. The molecule has 0 atom stereocenters. The van der Waals surface area contributed by atoms with Crippen molar-refractivity contribution >= 4 is 23.5 Å². The van der Waals surface area contributed by atoms with Crippen LogP contribution in [0.3, 0.4) is 0 Å². The molecule has 0 heterocycles. The highest BCUT2D eigenvalue weighted by atomic mass is 35.5. The number of hydrogen-bond acceptors (Lipinski definition) is 6. The fourth-order valence-electron chi connectivity index (χ4n) is 0.639. The van der Waals surface area contributed by atoms with Gasteiger partial charge >= 0.3 is 11.9 Å². The first-order valence-electron chi connectivity index (χ1n) is 7.83. The molecule has 0 aliphatic rings. The van der Waals surface area contributed by atoms with E-state index in [0.29, 0.717) is 13.2 Å². The first-order valence-corrected chi connectivity index (χ1v) is 8.21. The minimum atomic E-state index is -1.08. The molecule has 7 N–H and O–H groups in total. The SMILES string of the molecule is CC(C)(N)C(=O)O.CCCCO.CCCCOC(=O)C(C)(C)Cl.N. The second-order valence-electron chi connectivity index (χ2n) is 6.07. The molecule has 0 aromatic rings. The van der Waals surface area contributed by atoms with Crippen LogP contribution in [0.5, 0.6) is 0 Å². The number of unbranched alkanes of at least 4 members (excludes halogenated alkanes) is 2. The van der Waals surface area contributed by atoms with Crippen LogP contribution in [0.25, 0.3) is 0 Å². The highest BCUT2D eigenvalue weighted by Gasteiger charge is 2.25. The number of carboxylic acid groups (broad SMARTS) is 1. The maximum Gasteiger partial charge on any atom is 0.326 e. The quantitative estimate of drug-likeness (QED) is 0.305. The monoisotopic (exact) mass is 372 g/mol. The molecule has 148 valence electrons. The largest absolute Gasteiger partial charge is 0.480 e. The average Bonchev–Trinajstić information content (AvgIpc) is 2.39. The summed E-state index contributed by atoms with van der Waals surface area (Å²) in [6.07, 6.45) is 3.96. The number of carbonyl (C=O) groups is 2. The number of alkyl halides is 1. The van der Waals surface area contributed by atoms with Crippen molar-refractivity contribution in [3.8, 4) is 0 Å². The molecule has 0 aliphatic heterocycles. The van der Waals surface area contributed by atoms with Gasteiger partial charge in [0.05, 0.1) is 6.61 Å². The Morgan fingerprint density at radius 1 is 1.08 bits per heavy atom. The topological polar surface area (TPSA) is 145 Å². The van der Waals surface area contributed by atoms with Crippen molar-refractivity contribution in [2.75, 3.05) is 13.2 Å². The predicted octanol–water partition coefficient (Wildman–Crippen LogP) is 3.10. The van der Waals surface area contributed by atoms with Gasteiger partial charge in [-0.05, 0) is 40.5 Å². The van der Waals surface area contributed by atoms with Crippen molar-refractivity contribution < 1.29 is 24.5 Å². The summed E-state index contributed by atoms with van der Waals surface area (Å²) in [7, 11) is 0. The summed E-state index contributed by atoms with van der Waals surface area (Å²) < 4.78 is 4.88. The van der Waals surface area contributed by atoms with Crippen LogP contribution in [0.15, 0.2) is 0 Å². The molecule has 24 heavy (non-hydrogen) atoms. The zero-order chi connectivity index (χ0) is 19.1. The summed E-state index contributed by atoms with van der Waals surface area (Å²) in [5, 5.41) is 16.2. The molecule has 0 saturated carbocycles. The fraction of sp³-hybridized carbons (Fsp3) is 0.875. The first kappa shape index (κ1) is 30.9. The van der Waals surface area contributed by atoms with Crippen LogP contribution >= 0.6 is 11.6 Å².